The lowest BCUT2D eigenvalue weighted by Crippen LogP contribution is -2.24. The van der Waals surface area contributed by atoms with Gasteiger partial charge in [-0.25, -0.2) is 0 Å². The quantitative estimate of drug-likeness (QED) is 0.738. The fraction of sp³-hybridized carbons (Fsp3) is 0.300. The molecule has 1 aliphatic rings. The van der Waals surface area contributed by atoms with Crippen LogP contribution in [0.1, 0.15) is 41.6 Å². The Bertz CT molecular complexity index is 838. The Labute approximate surface area is 162 Å². The summed E-state index contributed by atoms with van der Waals surface area (Å²) in [6.07, 6.45) is 1.63. The van der Waals surface area contributed by atoms with Crippen molar-refractivity contribution in [1.29, 1.82) is 0 Å². The fourth-order valence-corrected chi connectivity index (χ4v) is 3.49. The molecule has 2 unspecified atom stereocenters. The highest BCUT2D eigenvalue weighted by atomic mass is 35.5. The lowest BCUT2D eigenvalue weighted by molar-refractivity contribution is -0.117. The predicted molar refractivity (Wildman–Crippen MR) is 105 cm³/mol. The summed E-state index contributed by atoms with van der Waals surface area (Å²) in [5, 5.41) is 6.67. The molecular formula is C20H20Cl2N2O2. The van der Waals surface area contributed by atoms with Crippen molar-refractivity contribution >= 4 is 40.7 Å². The molecule has 1 fully saturated rings. The second kappa shape index (κ2) is 8.11. The third kappa shape index (κ3) is 4.19. The second-order valence-electron chi connectivity index (χ2n) is 6.41. The van der Waals surface area contributed by atoms with E-state index in [4.69, 9.17) is 23.2 Å². The van der Waals surface area contributed by atoms with Crippen LogP contribution in [0.4, 0.5) is 5.69 Å². The molecule has 0 saturated heterocycles. The van der Waals surface area contributed by atoms with E-state index in [2.05, 4.69) is 10.6 Å². The molecule has 0 heterocycles. The van der Waals surface area contributed by atoms with E-state index in [0.717, 1.165) is 18.4 Å². The number of nitrogens with one attached hydrogen (secondary N) is 2. The summed E-state index contributed by atoms with van der Waals surface area (Å²) in [4.78, 5) is 24.5. The van der Waals surface area contributed by atoms with Gasteiger partial charge < -0.3 is 10.6 Å². The van der Waals surface area contributed by atoms with Gasteiger partial charge in [-0.1, -0.05) is 48.3 Å². The second-order valence-corrected chi connectivity index (χ2v) is 7.22. The highest BCUT2D eigenvalue weighted by Gasteiger charge is 2.44. The first kappa shape index (κ1) is 18.7. The zero-order valence-electron chi connectivity index (χ0n) is 14.4. The maximum absolute atomic E-state index is 12.5. The zero-order valence-corrected chi connectivity index (χ0v) is 15.9. The third-order valence-electron chi connectivity index (χ3n) is 4.45. The summed E-state index contributed by atoms with van der Waals surface area (Å²) < 4.78 is 0. The predicted octanol–water partition coefficient (Wildman–Crippen LogP) is 4.88. The van der Waals surface area contributed by atoms with Crippen LogP contribution in [0.3, 0.4) is 0 Å². The van der Waals surface area contributed by atoms with E-state index < -0.39 is 0 Å². The number of benzene rings is 2. The van der Waals surface area contributed by atoms with Crippen LogP contribution in [0.15, 0.2) is 42.5 Å². The molecule has 2 aromatic carbocycles. The Morgan fingerprint density at radius 2 is 1.88 bits per heavy atom. The van der Waals surface area contributed by atoms with E-state index in [9.17, 15) is 9.59 Å². The Balaban J connectivity index is 1.63. The molecule has 2 atom stereocenters. The molecule has 0 radical (unpaired) electrons. The molecule has 4 nitrogen and oxygen atoms in total. The van der Waals surface area contributed by atoms with Crippen molar-refractivity contribution in [3.8, 4) is 0 Å². The monoisotopic (exact) mass is 390 g/mol. The van der Waals surface area contributed by atoms with Gasteiger partial charge in [0.15, 0.2) is 0 Å². The normalized spacial score (nSPS) is 18.3. The molecule has 0 aliphatic heterocycles. The first-order valence-electron chi connectivity index (χ1n) is 8.64. The average molecular weight is 391 g/mol. The Hall–Kier alpha value is -2.04. The topological polar surface area (TPSA) is 58.2 Å². The molecule has 2 aromatic rings. The van der Waals surface area contributed by atoms with Crippen molar-refractivity contribution < 1.29 is 9.59 Å². The van der Waals surface area contributed by atoms with Gasteiger partial charge in [0.25, 0.3) is 5.91 Å². The van der Waals surface area contributed by atoms with Gasteiger partial charge in [-0.05, 0) is 48.6 Å². The van der Waals surface area contributed by atoms with E-state index in [1.807, 2.05) is 31.2 Å². The SMILES string of the molecule is CCCNC(=O)c1ccc(NC(=O)C2CC2c2ccccc2Cl)cc1Cl. The summed E-state index contributed by atoms with van der Waals surface area (Å²) in [6.45, 7) is 2.58. The summed E-state index contributed by atoms with van der Waals surface area (Å²) in [5.41, 5.74) is 1.99. The van der Waals surface area contributed by atoms with Gasteiger partial charge in [0, 0.05) is 23.2 Å². The van der Waals surface area contributed by atoms with Gasteiger partial charge in [-0.15, -0.1) is 0 Å². The zero-order chi connectivity index (χ0) is 18.7. The molecule has 136 valence electrons. The number of halogens is 2. The minimum Gasteiger partial charge on any atom is -0.352 e. The number of hydrogen-bond acceptors (Lipinski definition) is 2. The minimum atomic E-state index is -0.212. The lowest BCUT2D eigenvalue weighted by Gasteiger charge is -2.09. The third-order valence-corrected chi connectivity index (χ3v) is 5.11. The number of hydrogen-bond donors (Lipinski definition) is 2. The van der Waals surface area contributed by atoms with Crippen LogP contribution in [-0.4, -0.2) is 18.4 Å². The molecule has 2 N–H and O–H groups in total. The largest absolute Gasteiger partial charge is 0.352 e. The fourth-order valence-electron chi connectivity index (χ4n) is 2.95. The van der Waals surface area contributed by atoms with E-state index in [1.165, 1.54) is 0 Å². The summed E-state index contributed by atoms with van der Waals surface area (Å²) in [7, 11) is 0. The molecule has 1 aliphatic carbocycles. The van der Waals surface area contributed by atoms with Gasteiger partial charge >= 0.3 is 0 Å². The smallest absolute Gasteiger partial charge is 0.252 e. The maximum atomic E-state index is 12.5. The molecule has 0 bridgehead atoms. The van der Waals surface area contributed by atoms with Crippen LogP contribution in [0.25, 0.3) is 0 Å². The number of carbonyl (C=O) groups is 2. The Morgan fingerprint density at radius 1 is 1.12 bits per heavy atom. The van der Waals surface area contributed by atoms with Crippen molar-refractivity contribution in [2.75, 3.05) is 11.9 Å². The van der Waals surface area contributed by atoms with Crippen LogP contribution in [0.2, 0.25) is 10.0 Å². The molecule has 1 saturated carbocycles. The van der Waals surface area contributed by atoms with Crippen LogP contribution in [0.5, 0.6) is 0 Å². The van der Waals surface area contributed by atoms with E-state index in [1.54, 1.807) is 18.2 Å². The van der Waals surface area contributed by atoms with Crippen LogP contribution >= 0.6 is 23.2 Å². The number of rotatable bonds is 6. The van der Waals surface area contributed by atoms with Crippen molar-refractivity contribution in [3.05, 3.63) is 63.6 Å². The first-order chi connectivity index (χ1) is 12.5. The van der Waals surface area contributed by atoms with E-state index in [0.29, 0.717) is 27.8 Å². The molecule has 6 heteroatoms. The molecule has 0 aromatic heterocycles. The van der Waals surface area contributed by atoms with Gasteiger partial charge in [0.1, 0.15) is 0 Å². The Kier molecular flexibility index (Phi) is 5.84. The number of anilines is 1. The van der Waals surface area contributed by atoms with Crippen LogP contribution in [-0.2, 0) is 4.79 Å². The van der Waals surface area contributed by atoms with Crippen molar-refractivity contribution in [2.45, 2.75) is 25.7 Å². The van der Waals surface area contributed by atoms with Crippen molar-refractivity contribution in [2.24, 2.45) is 5.92 Å². The van der Waals surface area contributed by atoms with Crippen molar-refractivity contribution in [1.82, 2.24) is 5.32 Å². The van der Waals surface area contributed by atoms with E-state index >= 15 is 0 Å². The van der Waals surface area contributed by atoms with Gasteiger partial charge in [-0.3, -0.25) is 9.59 Å². The molecule has 0 spiro atoms. The molecular weight excluding hydrogens is 371 g/mol. The summed E-state index contributed by atoms with van der Waals surface area (Å²) >= 11 is 12.4. The number of carbonyl (C=O) groups excluding carboxylic acids is 2. The molecule has 2 amide bonds. The molecule has 26 heavy (non-hydrogen) atoms. The Morgan fingerprint density at radius 3 is 2.58 bits per heavy atom. The highest BCUT2D eigenvalue weighted by Crippen LogP contribution is 2.50. The minimum absolute atomic E-state index is 0.0610. The first-order valence-corrected chi connectivity index (χ1v) is 9.40. The standard InChI is InChI=1S/C20H20Cl2N2O2/c1-2-9-23-19(25)14-8-7-12(10-18(14)22)24-20(26)16-11-15(16)13-5-3-4-6-17(13)21/h3-8,10,15-16H,2,9,11H2,1H3,(H,23,25)(H,24,26). The van der Waals surface area contributed by atoms with Crippen LogP contribution < -0.4 is 10.6 Å². The maximum Gasteiger partial charge on any atom is 0.252 e. The van der Waals surface area contributed by atoms with E-state index in [-0.39, 0.29) is 23.7 Å². The molecule has 3 rings (SSSR count). The lowest BCUT2D eigenvalue weighted by atomic mass is 10.1. The highest BCUT2D eigenvalue weighted by molar-refractivity contribution is 6.34. The average Bonchev–Trinajstić information content (AvgIpc) is 3.41. The van der Waals surface area contributed by atoms with Gasteiger partial charge in [0.05, 0.1) is 10.6 Å². The van der Waals surface area contributed by atoms with Crippen molar-refractivity contribution in [3.63, 3.8) is 0 Å². The summed E-state index contributed by atoms with van der Waals surface area (Å²) in [6, 6.07) is 12.5. The van der Waals surface area contributed by atoms with Gasteiger partial charge in [-0.2, -0.15) is 0 Å². The number of amides is 2. The summed E-state index contributed by atoms with van der Waals surface area (Å²) in [5.74, 6) is -0.218. The van der Waals surface area contributed by atoms with Gasteiger partial charge in [0.2, 0.25) is 5.91 Å². The van der Waals surface area contributed by atoms with Crippen LogP contribution in [0, 0.1) is 5.92 Å².